The predicted octanol–water partition coefficient (Wildman–Crippen LogP) is 6.08. The molecule has 0 radical (unpaired) electrons. The second-order valence-corrected chi connectivity index (χ2v) is 7.07. The van der Waals surface area contributed by atoms with Crippen molar-refractivity contribution in [2.45, 2.75) is 13.0 Å². The number of nitrogens with one attached hydrogen (secondary N) is 1. The molecule has 0 aliphatic heterocycles. The Balaban J connectivity index is 1.64. The molecule has 0 saturated carbocycles. The molecule has 1 unspecified atom stereocenters. The summed E-state index contributed by atoms with van der Waals surface area (Å²) in [7, 11) is 0. The third-order valence-electron chi connectivity index (χ3n) is 5.42. The summed E-state index contributed by atoms with van der Waals surface area (Å²) in [5.74, 6) is -0.0377. The zero-order chi connectivity index (χ0) is 18.4. The lowest BCUT2D eigenvalue weighted by Crippen LogP contribution is -2.26. The zero-order valence-corrected chi connectivity index (χ0v) is 15.1. The van der Waals surface area contributed by atoms with Crippen molar-refractivity contribution in [3.8, 4) is 0 Å². The SMILES string of the molecule is CC(NC(=O)c1ccc2ccc3cccc4ccc1c2c34)c1ccccc1. The predicted molar refractivity (Wildman–Crippen MR) is 112 cm³/mol. The van der Waals surface area contributed by atoms with E-state index in [1.807, 2.05) is 43.3 Å². The van der Waals surface area contributed by atoms with Gasteiger partial charge in [0.05, 0.1) is 6.04 Å². The largest absolute Gasteiger partial charge is 0.345 e. The normalized spacial score (nSPS) is 12.6. The number of benzene rings is 5. The molecule has 27 heavy (non-hydrogen) atoms. The second kappa shape index (κ2) is 6.10. The Morgan fingerprint density at radius 1 is 0.704 bits per heavy atom. The first-order chi connectivity index (χ1) is 13.2. The van der Waals surface area contributed by atoms with E-state index in [2.05, 4.69) is 53.8 Å². The van der Waals surface area contributed by atoms with Crippen LogP contribution in [-0.2, 0) is 0 Å². The van der Waals surface area contributed by atoms with E-state index in [0.717, 1.165) is 16.5 Å². The molecule has 2 nitrogen and oxygen atoms in total. The summed E-state index contributed by atoms with van der Waals surface area (Å²) in [6, 6.07) is 28.8. The van der Waals surface area contributed by atoms with Gasteiger partial charge >= 0.3 is 0 Å². The standard InChI is InChI=1S/C25H19NO/c1-16(17-6-3-2-4-7-17)26-25(27)22-15-13-20-11-10-18-8-5-9-19-12-14-21(22)24(20)23(18)19/h2-16H,1H3,(H,26,27). The van der Waals surface area contributed by atoms with Gasteiger partial charge in [-0.15, -0.1) is 0 Å². The molecular formula is C25H19NO. The fourth-order valence-electron chi connectivity index (χ4n) is 4.03. The first-order valence-electron chi connectivity index (χ1n) is 9.25. The molecule has 0 aliphatic rings. The molecular weight excluding hydrogens is 330 g/mol. The highest BCUT2D eigenvalue weighted by atomic mass is 16.1. The zero-order valence-electron chi connectivity index (χ0n) is 15.1. The molecule has 5 rings (SSSR count). The lowest BCUT2D eigenvalue weighted by molar-refractivity contribution is 0.0941. The topological polar surface area (TPSA) is 29.1 Å². The Hall–Kier alpha value is -3.39. The number of amides is 1. The van der Waals surface area contributed by atoms with Crippen molar-refractivity contribution < 1.29 is 4.79 Å². The number of hydrogen-bond donors (Lipinski definition) is 1. The van der Waals surface area contributed by atoms with Crippen molar-refractivity contribution in [3.05, 3.63) is 96.1 Å². The molecule has 0 saturated heterocycles. The first kappa shape index (κ1) is 15.8. The van der Waals surface area contributed by atoms with Crippen molar-refractivity contribution in [2.24, 2.45) is 0 Å². The molecule has 1 amide bonds. The van der Waals surface area contributed by atoms with Gasteiger partial charge in [0.1, 0.15) is 0 Å². The van der Waals surface area contributed by atoms with E-state index in [0.29, 0.717) is 0 Å². The summed E-state index contributed by atoms with van der Waals surface area (Å²) in [4.78, 5) is 13.1. The molecule has 5 aromatic carbocycles. The van der Waals surface area contributed by atoms with Crippen molar-refractivity contribution in [1.82, 2.24) is 5.32 Å². The van der Waals surface area contributed by atoms with E-state index in [-0.39, 0.29) is 11.9 Å². The Morgan fingerprint density at radius 3 is 2.07 bits per heavy atom. The Labute approximate surface area is 157 Å². The van der Waals surface area contributed by atoms with Gasteiger partial charge in [0.25, 0.3) is 5.91 Å². The van der Waals surface area contributed by atoms with Crippen molar-refractivity contribution in [3.63, 3.8) is 0 Å². The van der Waals surface area contributed by atoms with E-state index in [1.165, 1.54) is 26.9 Å². The monoisotopic (exact) mass is 349 g/mol. The van der Waals surface area contributed by atoms with E-state index in [9.17, 15) is 4.79 Å². The van der Waals surface area contributed by atoms with Crippen molar-refractivity contribution in [2.75, 3.05) is 0 Å². The van der Waals surface area contributed by atoms with Gasteiger partial charge in [-0.25, -0.2) is 0 Å². The number of rotatable bonds is 3. The highest BCUT2D eigenvalue weighted by Crippen LogP contribution is 2.36. The minimum Gasteiger partial charge on any atom is -0.345 e. The molecule has 0 fully saturated rings. The molecule has 0 aliphatic carbocycles. The molecule has 0 spiro atoms. The van der Waals surface area contributed by atoms with Crippen LogP contribution in [0.15, 0.2) is 84.9 Å². The van der Waals surface area contributed by atoms with E-state index in [1.54, 1.807) is 0 Å². The van der Waals surface area contributed by atoms with Gasteiger partial charge in [0.15, 0.2) is 0 Å². The van der Waals surface area contributed by atoms with Crippen LogP contribution in [0.25, 0.3) is 32.3 Å². The lowest BCUT2D eigenvalue weighted by atomic mass is 9.91. The van der Waals surface area contributed by atoms with Crippen LogP contribution in [0, 0.1) is 0 Å². The van der Waals surface area contributed by atoms with E-state index in [4.69, 9.17) is 0 Å². The maximum absolute atomic E-state index is 13.1. The van der Waals surface area contributed by atoms with Crippen LogP contribution in [0.1, 0.15) is 28.9 Å². The highest BCUT2D eigenvalue weighted by molar-refractivity contribution is 6.26. The molecule has 0 heterocycles. The molecule has 2 heteroatoms. The summed E-state index contributed by atoms with van der Waals surface area (Å²) in [6.45, 7) is 2.02. The Morgan fingerprint density at radius 2 is 1.33 bits per heavy atom. The molecule has 0 aromatic heterocycles. The van der Waals surface area contributed by atoms with Gasteiger partial charge in [0.2, 0.25) is 0 Å². The van der Waals surface area contributed by atoms with Crippen LogP contribution in [0.3, 0.4) is 0 Å². The molecule has 1 atom stereocenters. The number of carbonyl (C=O) groups is 1. The fraction of sp³-hybridized carbons (Fsp3) is 0.0800. The van der Waals surface area contributed by atoms with Gasteiger partial charge in [-0.2, -0.15) is 0 Å². The summed E-state index contributed by atoms with van der Waals surface area (Å²) in [5.41, 5.74) is 1.83. The van der Waals surface area contributed by atoms with Crippen LogP contribution >= 0.6 is 0 Å². The summed E-state index contributed by atoms with van der Waals surface area (Å²) in [5, 5.41) is 10.1. The van der Waals surface area contributed by atoms with Gasteiger partial charge in [-0.05, 0) is 50.9 Å². The maximum atomic E-state index is 13.1. The summed E-state index contributed by atoms with van der Waals surface area (Å²) >= 11 is 0. The minimum atomic E-state index is -0.0442. The molecule has 130 valence electrons. The molecule has 5 aromatic rings. The molecule has 0 bridgehead atoms. The average molecular weight is 349 g/mol. The van der Waals surface area contributed by atoms with Gasteiger partial charge in [0, 0.05) is 5.56 Å². The average Bonchev–Trinajstić information content (AvgIpc) is 2.72. The summed E-state index contributed by atoms with van der Waals surface area (Å²) < 4.78 is 0. The third kappa shape index (κ3) is 2.53. The fourth-order valence-corrected chi connectivity index (χ4v) is 4.03. The van der Waals surface area contributed by atoms with Crippen LogP contribution in [-0.4, -0.2) is 5.91 Å². The van der Waals surface area contributed by atoms with Crippen molar-refractivity contribution in [1.29, 1.82) is 0 Å². The minimum absolute atomic E-state index is 0.0377. The van der Waals surface area contributed by atoms with Gasteiger partial charge in [-0.1, -0.05) is 78.9 Å². The third-order valence-corrected chi connectivity index (χ3v) is 5.42. The lowest BCUT2D eigenvalue weighted by Gasteiger charge is -2.17. The van der Waals surface area contributed by atoms with E-state index >= 15 is 0 Å². The van der Waals surface area contributed by atoms with Crippen LogP contribution in [0.4, 0.5) is 0 Å². The Bertz CT molecular complexity index is 1260. The van der Waals surface area contributed by atoms with Crippen LogP contribution < -0.4 is 5.32 Å². The van der Waals surface area contributed by atoms with Crippen LogP contribution in [0.5, 0.6) is 0 Å². The maximum Gasteiger partial charge on any atom is 0.252 e. The smallest absolute Gasteiger partial charge is 0.252 e. The van der Waals surface area contributed by atoms with Gasteiger partial charge < -0.3 is 5.32 Å². The van der Waals surface area contributed by atoms with Gasteiger partial charge in [-0.3, -0.25) is 4.79 Å². The number of hydrogen-bond acceptors (Lipinski definition) is 1. The van der Waals surface area contributed by atoms with E-state index < -0.39 is 0 Å². The first-order valence-corrected chi connectivity index (χ1v) is 9.25. The second-order valence-electron chi connectivity index (χ2n) is 7.07. The number of carbonyl (C=O) groups excluding carboxylic acids is 1. The molecule has 1 N–H and O–H groups in total. The summed E-state index contributed by atoms with van der Waals surface area (Å²) in [6.07, 6.45) is 0. The quantitative estimate of drug-likeness (QED) is 0.393. The Kier molecular flexibility index (Phi) is 3.58. The van der Waals surface area contributed by atoms with Crippen LogP contribution in [0.2, 0.25) is 0 Å². The highest BCUT2D eigenvalue weighted by Gasteiger charge is 2.16. The van der Waals surface area contributed by atoms with Crippen molar-refractivity contribution >= 4 is 38.2 Å².